The molecule has 0 bridgehead atoms. The molecule has 0 radical (unpaired) electrons. The highest BCUT2D eigenvalue weighted by Crippen LogP contribution is 2.32. The summed E-state index contributed by atoms with van der Waals surface area (Å²) in [5.74, 6) is -1.69. The molecule has 0 aliphatic heterocycles. The van der Waals surface area contributed by atoms with Gasteiger partial charge in [0.25, 0.3) is 0 Å². The highest BCUT2D eigenvalue weighted by atomic mass is 16.6. The highest BCUT2D eigenvalue weighted by molar-refractivity contribution is 6.00. The average Bonchev–Trinajstić information content (AvgIpc) is 2.52. The van der Waals surface area contributed by atoms with Crippen LogP contribution in [0.2, 0.25) is 0 Å². The zero-order valence-electron chi connectivity index (χ0n) is 14.8. The molecule has 0 unspecified atom stereocenters. The molecule has 0 rings (SSSR count). The SMILES string of the molecule is CCOC(=O)C(=CCC(CC)(C(=O)OCC)C(=O)OCC)CC. The van der Waals surface area contributed by atoms with Gasteiger partial charge in [0.1, 0.15) is 0 Å². The van der Waals surface area contributed by atoms with Crippen molar-refractivity contribution in [3.05, 3.63) is 11.6 Å². The Labute approximate surface area is 138 Å². The van der Waals surface area contributed by atoms with Gasteiger partial charge in [0, 0.05) is 5.57 Å². The van der Waals surface area contributed by atoms with Crippen LogP contribution in [0.1, 0.15) is 53.9 Å². The number of esters is 3. The van der Waals surface area contributed by atoms with E-state index in [1.165, 1.54) is 0 Å². The summed E-state index contributed by atoms with van der Waals surface area (Å²) in [6.45, 7) is 9.21. The first kappa shape index (κ1) is 21.1. The topological polar surface area (TPSA) is 78.9 Å². The van der Waals surface area contributed by atoms with Crippen LogP contribution in [0.4, 0.5) is 0 Å². The van der Waals surface area contributed by atoms with Crippen molar-refractivity contribution in [2.24, 2.45) is 5.41 Å². The van der Waals surface area contributed by atoms with Crippen LogP contribution in [0.5, 0.6) is 0 Å². The van der Waals surface area contributed by atoms with Gasteiger partial charge < -0.3 is 14.2 Å². The molecule has 0 fully saturated rings. The molecule has 132 valence electrons. The van der Waals surface area contributed by atoms with E-state index in [1.54, 1.807) is 33.8 Å². The van der Waals surface area contributed by atoms with Crippen molar-refractivity contribution in [2.75, 3.05) is 19.8 Å². The van der Waals surface area contributed by atoms with Crippen molar-refractivity contribution >= 4 is 17.9 Å². The van der Waals surface area contributed by atoms with E-state index in [-0.39, 0.29) is 32.7 Å². The molecular weight excluding hydrogens is 300 g/mol. The van der Waals surface area contributed by atoms with Gasteiger partial charge in [-0.15, -0.1) is 0 Å². The Kier molecular flexibility index (Phi) is 9.94. The third-order valence-corrected chi connectivity index (χ3v) is 3.55. The second-order valence-electron chi connectivity index (χ2n) is 4.88. The van der Waals surface area contributed by atoms with E-state index in [2.05, 4.69) is 0 Å². The molecule has 0 aliphatic carbocycles. The Balaban J connectivity index is 5.55. The molecular formula is C17H28O6. The molecule has 0 heterocycles. The van der Waals surface area contributed by atoms with Crippen LogP contribution in [0, 0.1) is 5.41 Å². The third kappa shape index (κ3) is 5.69. The van der Waals surface area contributed by atoms with Gasteiger partial charge in [0.2, 0.25) is 0 Å². The minimum Gasteiger partial charge on any atom is -0.465 e. The maximum absolute atomic E-state index is 12.3. The van der Waals surface area contributed by atoms with Crippen LogP contribution < -0.4 is 0 Å². The fourth-order valence-corrected chi connectivity index (χ4v) is 2.11. The predicted molar refractivity (Wildman–Crippen MR) is 85.6 cm³/mol. The smallest absolute Gasteiger partial charge is 0.333 e. The lowest BCUT2D eigenvalue weighted by Crippen LogP contribution is -2.41. The van der Waals surface area contributed by atoms with E-state index < -0.39 is 23.3 Å². The Morgan fingerprint density at radius 3 is 1.65 bits per heavy atom. The van der Waals surface area contributed by atoms with Crippen molar-refractivity contribution in [3.8, 4) is 0 Å². The first-order valence-electron chi connectivity index (χ1n) is 8.13. The standard InChI is InChI=1S/C17H28O6/c1-6-13(14(18)21-8-3)11-12-17(7-2,15(19)22-9-4)16(20)23-10-5/h11H,6-10,12H2,1-5H3. The number of rotatable bonds is 10. The van der Waals surface area contributed by atoms with E-state index in [0.717, 1.165) is 0 Å². The Morgan fingerprint density at radius 1 is 0.826 bits per heavy atom. The summed E-state index contributed by atoms with van der Waals surface area (Å²) in [4.78, 5) is 36.5. The van der Waals surface area contributed by atoms with Gasteiger partial charge >= 0.3 is 17.9 Å². The van der Waals surface area contributed by atoms with Gasteiger partial charge in [-0.2, -0.15) is 0 Å². The molecule has 0 aromatic rings. The van der Waals surface area contributed by atoms with Crippen molar-refractivity contribution in [1.82, 2.24) is 0 Å². The quantitative estimate of drug-likeness (QED) is 0.265. The second-order valence-corrected chi connectivity index (χ2v) is 4.88. The lowest BCUT2D eigenvalue weighted by atomic mass is 9.81. The van der Waals surface area contributed by atoms with Gasteiger partial charge in [0.15, 0.2) is 5.41 Å². The molecule has 0 saturated carbocycles. The summed E-state index contributed by atoms with van der Waals surface area (Å²) < 4.78 is 15.1. The largest absolute Gasteiger partial charge is 0.465 e. The Hall–Kier alpha value is -1.85. The summed E-state index contributed by atoms with van der Waals surface area (Å²) >= 11 is 0. The fraction of sp³-hybridized carbons (Fsp3) is 0.706. The summed E-state index contributed by atoms with van der Waals surface area (Å²) in [6.07, 6.45) is 2.30. The van der Waals surface area contributed by atoms with Crippen molar-refractivity contribution < 1.29 is 28.6 Å². The van der Waals surface area contributed by atoms with E-state index >= 15 is 0 Å². The number of hydrogen-bond donors (Lipinski definition) is 0. The molecule has 0 amide bonds. The van der Waals surface area contributed by atoms with Crippen molar-refractivity contribution in [1.29, 1.82) is 0 Å². The van der Waals surface area contributed by atoms with Gasteiger partial charge in [-0.05, 0) is 40.0 Å². The zero-order valence-corrected chi connectivity index (χ0v) is 14.8. The number of allylic oxidation sites excluding steroid dienone is 1. The van der Waals surface area contributed by atoms with Crippen LogP contribution in [0.3, 0.4) is 0 Å². The summed E-state index contributed by atoms with van der Waals surface area (Å²) in [6, 6.07) is 0. The second kappa shape index (κ2) is 10.8. The summed E-state index contributed by atoms with van der Waals surface area (Å²) in [5, 5.41) is 0. The van der Waals surface area contributed by atoms with E-state index in [0.29, 0.717) is 12.0 Å². The molecule has 23 heavy (non-hydrogen) atoms. The maximum atomic E-state index is 12.3. The first-order valence-corrected chi connectivity index (χ1v) is 8.13. The third-order valence-electron chi connectivity index (χ3n) is 3.55. The van der Waals surface area contributed by atoms with E-state index in [4.69, 9.17) is 14.2 Å². The van der Waals surface area contributed by atoms with Crippen LogP contribution in [-0.4, -0.2) is 37.7 Å². The molecule has 0 spiro atoms. The Bertz CT molecular complexity index is 420. The summed E-state index contributed by atoms with van der Waals surface area (Å²) in [5.41, 5.74) is -1.00. The van der Waals surface area contributed by atoms with Crippen LogP contribution in [0.15, 0.2) is 11.6 Å². The number of hydrogen-bond acceptors (Lipinski definition) is 6. The van der Waals surface area contributed by atoms with Crippen LogP contribution in [0.25, 0.3) is 0 Å². The normalized spacial score (nSPS) is 11.8. The lowest BCUT2D eigenvalue weighted by molar-refractivity contribution is -0.172. The molecule has 0 N–H and O–H groups in total. The molecule has 6 heteroatoms. The number of ether oxygens (including phenoxy) is 3. The van der Waals surface area contributed by atoms with Gasteiger partial charge in [0.05, 0.1) is 19.8 Å². The minimum absolute atomic E-state index is 0.0448. The number of carbonyl (C=O) groups excluding carboxylic acids is 3. The first-order chi connectivity index (χ1) is 10.9. The molecule has 0 atom stereocenters. The molecule has 0 aliphatic rings. The Morgan fingerprint density at radius 2 is 1.30 bits per heavy atom. The van der Waals surface area contributed by atoms with Crippen LogP contribution >= 0.6 is 0 Å². The fourth-order valence-electron chi connectivity index (χ4n) is 2.11. The van der Waals surface area contributed by atoms with Crippen molar-refractivity contribution in [3.63, 3.8) is 0 Å². The van der Waals surface area contributed by atoms with E-state index in [1.807, 2.05) is 6.92 Å². The predicted octanol–water partition coefficient (Wildman–Crippen LogP) is 2.80. The van der Waals surface area contributed by atoms with Gasteiger partial charge in [-0.1, -0.05) is 19.9 Å². The lowest BCUT2D eigenvalue weighted by Gasteiger charge is -2.27. The minimum atomic E-state index is -1.43. The molecule has 0 aromatic carbocycles. The average molecular weight is 328 g/mol. The molecule has 6 nitrogen and oxygen atoms in total. The number of carbonyl (C=O) groups is 3. The molecule has 0 aromatic heterocycles. The zero-order chi connectivity index (χ0) is 17.9. The van der Waals surface area contributed by atoms with Crippen LogP contribution in [-0.2, 0) is 28.6 Å². The van der Waals surface area contributed by atoms with E-state index in [9.17, 15) is 14.4 Å². The maximum Gasteiger partial charge on any atom is 0.333 e. The monoisotopic (exact) mass is 328 g/mol. The van der Waals surface area contributed by atoms with Crippen molar-refractivity contribution in [2.45, 2.75) is 53.9 Å². The highest BCUT2D eigenvalue weighted by Gasteiger charge is 2.46. The summed E-state index contributed by atoms with van der Waals surface area (Å²) in [7, 11) is 0. The van der Waals surface area contributed by atoms with Gasteiger partial charge in [-0.3, -0.25) is 9.59 Å². The molecule has 0 saturated heterocycles. The van der Waals surface area contributed by atoms with Gasteiger partial charge in [-0.25, -0.2) is 4.79 Å².